The van der Waals surface area contributed by atoms with Gasteiger partial charge in [-0.15, -0.1) is 0 Å². The molecule has 0 unspecified atom stereocenters. The summed E-state index contributed by atoms with van der Waals surface area (Å²) in [5.74, 6) is 1.65. The zero-order chi connectivity index (χ0) is 26.8. The number of amides is 1. The number of nitrogen functional groups attached to an aromatic ring is 1. The van der Waals surface area contributed by atoms with E-state index < -0.39 is 5.91 Å². The van der Waals surface area contributed by atoms with Gasteiger partial charge in [-0.1, -0.05) is 17.1 Å². The summed E-state index contributed by atoms with van der Waals surface area (Å²) in [6, 6.07) is 14.3. The number of aryl methyl sites for hydroxylation is 1. The van der Waals surface area contributed by atoms with Gasteiger partial charge < -0.3 is 24.9 Å². The number of carbonyl (C=O) groups is 1. The predicted molar refractivity (Wildman–Crippen MR) is 142 cm³/mol. The monoisotopic (exact) mass is 514 g/mol. The van der Waals surface area contributed by atoms with E-state index in [1.807, 2.05) is 31.2 Å². The maximum Gasteiger partial charge on any atom is 0.278 e. The second-order valence-corrected chi connectivity index (χ2v) is 8.84. The van der Waals surface area contributed by atoms with Crippen LogP contribution in [0.2, 0.25) is 0 Å². The number of anilines is 1. The Bertz CT molecular complexity index is 1710. The Hall–Kier alpha value is -4.86. The molecular formula is C28H28N5O5+. The second-order valence-electron chi connectivity index (χ2n) is 8.84. The van der Waals surface area contributed by atoms with Crippen LogP contribution in [0.25, 0.3) is 16.7 Å². The zero-order valence-electron chi connectivity index (χ0n) is 21.4. The lowest BCUT2D eigenvalue weighted by Crippen LogP contribution is -2.43. The molecule has 0 aliphatic carbocycles. The molecule has 4 aromatic heterocycles. The molecule has 0 atom stereocenters. The van der Waals surface area contributed by atoms with Gasteiger partial charge in [0.2, 0.25) is 11.5 Å². The quantitative estimate of drug-likeness (QED) is 0.241. The Morgan fingerprint density at radius 3 is 2.68 bits per heavy atom. The first-order valence-electron chi connectivity index (χ1n) is 12.1. The lowest BCUT2D eigenvalue weighted by atomic mass is 10.1. The number of hydrogen-bond donors (Lipinski definition) is 2. The van der Waals surface area contributed by atoms with Crippen LogP contribution in [-0.4, -0.2) is 36.1 Å². The number of nitrogens with two attached hydrogens (primary N) is 1. The third kappa shape index (κ3) is 4.52. The van der Waals surface area contributed by atoms with Gasteiger partial charge in [0.15, 0.2) is 11.5 Å². The molecular weight excluding hydrogens is 486 g/mol. The summed E-state index contributed by atoms with van der Waals surface area (Å²) < 4.78 is 19.3. The number of pyridine rings is 2. The Labute approximate surface area is 218 Å². The van der Waals surface area contributed by atoms with Crippen molar-refractivity contribution >= 4 is 28.4 Å². The van der Waals surface area contributed by atoms with Crippen molar-refractivity contribution in [2.24, 2.45) is 0 Å². The largest absolute Gasteiger partial charge is 0.493 e. The molecule has 0 aliphatic rings. The van der Waals surface area contributed by atoms with Gasteiger partial charge in [0.05, 0.1) is 20.5 Å². The van der Waals surface area contributed by atoms with E-state index in [0.29, 0.717) is 41.5 Å². The summed E-state index contributed by atoms with van der Waals surface area (Å²) >= 11 is 0. The van der Waals surface area contributed by atoms with Crippen LogP contribution >= 0.6 is 0 Å². The van der Waals surface area contributed by atoms with Gasteiger partial charge in [0, 0.05) is 18.3 Å². The van der Waals surface area contributed by atoms with Crippen LogP contribution in [0.3, 0.4) is 0 Å². The van der Waals surface area contributed by atoms with Crippen LogP contribution in [0.1, 0.15) is 27.2 Å². The molecule has 1 amide bonds. The lowest BCUT2D eigenvalue weighted by Gasteiger charge is -2.13. The van der Waals surface area contributed by atoms with Crippen LogP contribution in [0.15, 0.2) is 70.2 Å². The van der Waals surface area contributed by atoms with Crippen LogP contribution in [-0.2, 0) is 13.0 Å². The Kier molecular flexibility index (Phi) is 6.69. The van der Waals surface area contributed by atoms with Gasteiger partial charge in [0.1, 0.15) is 23.3 Å². The van der Waals surface area contributed by atoms with Crippen molar-refractivity contribution in [1.29, 1.82) is 0 Å². The summed E-state index contributed by atoms with van der Waals surface area (Å²) in [4.78, 5) is 31.6. The van der Waals surface area contributed by atoms with Crippen LogP contribution in [0.5, 0.6) is 11.5 Å². The zero-order valence-corrected chi connectivity index (χ0v) is 21.4. The number of furan rings is 1. The first kappa shape index (κ1) is 24.8. The minimum atomic E-state index is -0.396. The van der Waals surface area contributed by atoms with E-state index in [-0.39, 0.29) is 28.9 Å². The van der Waals surface area contributed by atoms with Crippen molar-refractivity contribution in [1.82, 2.24) is 14.7 Å². The molecule has 10 heteroatoms. The summed E-state index contributed by atoms with van der Waals surface area (Å²) in [5, 5.41) is 3.19. The topological polar surface area (TPSA) is 125 Å². The van der Waals surface area contributed by atoms with Gasteiger partial charge in [-0.05, 0) is 55.3 Å². The fourth-order valence-electron chi connectivity index (χ4n) is 4.46. The standard InChI is InChI=1S/C28H27N5O5/c1-17-6-4-12-32-25(17)31-26-21(28(32)35)15-20(24(29)33(26)16-19-7-5-13-38-19)27(34)30-11-10-18-8-9-22(36-2)23(14-18)37-3/h4-9,12-15,29H,10-11,16H2,1-3H3,(H,30,34)/p+1. The van der Waals surface area contributed by atoms with Crippen LogP contribution in [0.4, 0.5) is 5.82 Å². The molecule has 3 N–H and O–H groups in total. The average molecular weight is 515 g/mol. The van der Waals surface area contributed by atoms with Gasteiger partial charge in [-0.25, -0.2) is 4.57 Å². The molecule has 0 fully saturated rings. The second kappa shape index (κ2) is 10.3. The molecule has 0 saturated carbocycles. The van der Waals surface area contributed by atoms with E-state index in [9.17, 15) is 9.59 Å². The van der Waals surface area contributed by atoms with Gasteiger partial charge in [-0.2, -0.15) is 0 Å². The summed E-state index contributed by atoms with van der Waals surface area (Å²) in [5.41, 5.74) is 9.12. The molecule has 10 nitrogen and oxygen atoms in total. The Morgan fingerprint density at radius 2 is 1.95 bits per heavy atom. The van der Waals surface area contributed by atoms with Crippen molar-refractivity contribution in [2.45, 2.75) is 19.9 Å². The van der Waals surface area contributed by atoms with Gasteiger partial charge in [0.25, 0.3) is 17.1 Å². The van der Waals surface area contributed by atoms with Gasteiger partial charge in [-0.3, -0.25) is 14.0 Å². The minimum absolute atomic E-state index is 0.183. The first-order valence-corrected chi connectivity index (χ1v) is 12.1. The maximum absolute atomic E-state index is 13.5. The molecule has 0 saturated heterocycles. The number of benzene rings is 1. The number of carbonyl (C=O) groups excluding carboxylic acids is 1. The van der Waals surface area contributed by atoms with E-state index in [1.165, 1.54) is 10.5 Å². The van der Waals surface area contributed by atoms with E-state index in [0.717, 1.165) is 11.1 Å². The van der Waals surface area contributed by atoms with E-state index in [1.54, 1.807) is 49.4 Å². The number of methoxy groups -OCH3 is 2. The Balaban J connectivity index is 1.52. The SMILES string of the molecule is COc1ccc(CCNC(=O)c2cc3c(=O)n4cccc(C)c4nc3[n+](Cc3ccco3)c2N)cc1OC. The minimum Gasteiger partial charge on any atom is -0.493 e. The van der Waals surface area contributed by atoms with E-state index >= 15 is 0 Å². The highest BCUT2D eigenvalue weighted by atomic mass is 16.5. The number of nitrogens with zero attached hydrogens (tertiary/aromatic N) is 3. The molecule has 1 aromatic carbocycles. The fourth-order valence-corrected chi connectivity index (χ4v) is 4.46. The van der Waals surface area contributed by atoms with Crippen molar-refractivity contribution in [3.05, 3.63) is 93.8 Å². The average Bonchev–Trinajstić information content (AvgIpc) is 3.44. The molecule has 0 radical (unpaired) electrons. The molecule has 0 bridgehead atoms. The summed E-state index contributed by atoms with van der Waals surface area (Å²) in [6.45, 7) is 2.43. The molecule has 5 aromatic rings. The third-order valence-electron chi connectivity index (χ3n) is 6.46. The maximum atomic E-state index is 13.5. The third-order valence-corrected chi connectivity index (χ3v) is 6.46. The van der Waals surface area contributed by atoms with Crippen molar-refractivity contribution < 1.29 is 23.3 Å². The van der Waals surface area contributed by atoms with Crippen molar-refractivity contribution in [2.75, 3.05) is 26.5 Å². The highest BCUT2D eigenvalue weighted by Crippen LogP contribution is 2.27. The highest BCUT2D eigenvalue weighted by Gasteiger charge is 2.25. The first-order chi connectivity index (χ1) is 18.4. The van der Waals surface area contributed by atoms with E-state index in [4.69, 9.17) is 24.6 Å². The molecule has 38 heavy (non-hydrogen) atoms. The summed E-state index contributed by atoms with van der Waals surface area (Å²) in [7, 11) is 3.15. The summed E-state index contributed by atoms with van der Waals surface area (Å²) in [6.07, 6.45) is 3.77. The van der Waals surface area contributed by atoms with Crippen LogP contribution in [0, 0.1) is 6.92 Å². The van der Waals surface area contributed by atoms with E-state index in [2.05, 4.69) is 5.32 Å². The normalized spacial score (nSPS) is 11.1. The number of ether oxygens (including phenoxy) is 2. The predicted octanol–water partition coefficient (Wildman–Crippen LogP) is 2.66. The molecule has 194 valence electrons. The Morgan fingerprint density at radius 1 is 1.13 bits per heavy atom. The number of rotatable bonds is 8. The molecule has 0 aliphatic heterocycles. The van der Waals surface area contributed by atoms with Crippen molar-refractivity contribution in [3.8, 4) is 11.5 Å². The number of hydrogen-bond acceptors (Lipinski definition) is 7. The smallest absolute Gasteiger partial charge is 0.278 e. The van der Waals surface area contributed by atoms with Gasteiger partial charge >= 0.3 is 0 Å². The van der Waals surface area contributed by atoms with Crippen molar-refractivity contribution in [3.63, 3.8) is 0 Å². The van der Waals surface area contributed by atoms with Crippen LogP contribution < -0.4 is 30.7 Å². The molecule has 0 spiro atoms. The number of nitrogens with one attached hydrogen (secondary N) is 1. The molecule has 4 heterocycles. The molecule has 5 rings (SSSR count). The number of fused-ring (bicyclic) bond motifs is 2. The number of aromatic nitrogens is 3. The fraction of sp³-hybridized carbons (Fsp3) is 0.214. The highest BCUT2D eigenvalue weighted by molar-refractivity contribution is 6.00. The lowest BCUT2D eigenvalue weighted by molar-refractivity contribution is -0.651.